The molecule has 2 rings (SSSR count). The van der Waals surface area contributed by atoms with Gasteiger partial charge in [-0.25, -0.2) is 8.78 Å². The second-order valence-corrected chi connectivity index (χ2v) is 5.55. The zero-order valence-electron chi connectivity index (χ0n) is 13.9. The first-order chi connectivity index (χ1) is 11.8. The molecule has 0 radical (unpaired) electrons. The van der Waals surface area contributed by atoms with E-state index in [-0.39, 0.29) is 5.69 Å². The molecule has 0 aliphatic carbocycles. The van der Waals surface area contributed by atoms with Gasteiger partial charge >= 0.3 is 0 Å². The van der Waals surface area contributed by atoms with E-state index in [1.54, 1.807) is 24.3 Å². The second-order valence-electron chi connectivity index (χ2n) is 5.55. The number of rotatable bonds is 5. The zero-order chi connectivity index (χ0) is 18.7. The molecular weight excluding hydrogens is 338 g/mol. The van der Waals surface area contributed by atoms with Gasteiger partial charge in [0.1, 0.15) is 5.56 Å². The van der Waals surface area contributed by atoms with Crippen molar-refractivity contribution >= 4 is 11.6 Å². The fourth-order valence-electron chi connectivity index (χ4n) is 2.31. The summed E-state index contributed by atoms with van der Waals surface area (Å²) in [4.78, 5) is 12.1. The Hall–Kier alpha value is -2.57. The number of ether oxygens (including phenoxy) is 1. The number of carbonyl (C=O) groups is 1. The average molecular weight is 355 g/mol. The summed E-state index contributed by atoms with van der Waals surface area (Å²) in [5.74, 6) is -9.37. The second kappa shape index (κ2) is 7.55. The highest BCUT2D eigenvalue weighted by Crippen LogP contribution is 2.30. The van der Waals surface area contributed by atoms with Crippen LogP contribution in [0.15, 0.2) is 24.3 Å². The smallest absolute Gasteiger partial charge is 0.261 e. The number of nitrogens with one attached hydrogen (secondary N) is 1. The Morgan fingerprint density at radius 3 is 2.00 bits per heavy atom. The molecule has 0 aliphatic heterocycles. The summed E-state index contributed by atoms with van der Waals surface area (Å²) < 4.78 is 59.5. The quantitative estimate of drug-likeness (QED) is 0.604. The average Bonchev–Trinajstić information content (AvgIpc) is 2.60. The molecule has 25 heavy (non-hydrogen) atoms. The molecule has 0 aromatic heterocycles. The molecule has 134 valence electrons. The van der Waals surface area contributed by atoms with Crippen LogP contribution in [0.5, 0.6) is 5.75 Å². The predicted octanol–water partition coefficient (Wildman–Crippen LogP) is 5.02. The van der Waals surface area contributed by atoms with Gasteiger partial charge in [0.25, 0.3) is 5.91 Å². The van der Waals surface area contributed by atoms with Crippen LogP contribution in [0.3, 0.4) is 0 Å². The third-order valence-corrected chi connectivity index (χ3v) is 4.00. The third-order valence-electron chi connectivity index (χ3n) is 4.00. The van der Waals surface area contributed by atoms with Crippen LogP contribution in [0.25, 0.3) is 0 Å². The van der Waals surface area contributed by atoms with Crippen LogP contribution in [0.1, 0.15) is 42.1 Å². The van der Waals surface area contributed by atoms with Crippen LogP contribution in [0.4, 0.5) is 23.2 Å². The minimum absolute atomic E-state index is 0.243. The Kier molecular flexibility index (Phi) is 5.66. The zero-order valence-corrected chi connectivity index (χ0v) is 13.9. The highest BCUT2D eigenvalue weighted by Gasteiger charge is 2.30. The molecule has 2 aromatic carbocycles. The minimum atomic E-state index is -1.82. The number of carbonyl (C=O) groups excluding carboxylic acids is 1. The molecule has 1 atom stereocenters. The van der Waals surface area contributed by atoms with Crippen LogP contribution in [0, 0.1) is 23.3 Å². The van der Waals surface area contributed by atoms with Crippen molar-refractivity contribution in [3.8, 4) is 5.75 Å². The third kappa shape index (κ3) is 3.60. The SMILES string of the molecule is CCC(C)c1ccc(NC(=O)c2c(F)c(F)c(OC)c(F)c2F)cc1. The van der Waals surface area contributed by atoms with Gasteiger partial charge < -0.3 is 10.1 Å². The van der Waals surface area contributed by atoms with Gasteiger partial charge in [-0.2, -0.15) is 8.78 Å². The van der Waals surface area contributed by atoms with Crippen molar-refractivity contribution in [3.05, 3.63) is 58.7 Å². The summed E-state index contributed by atoms with van der Waals surface area (Å²) in [6.07, 6.45) is 0.923. The first-order valence-electron chi connectivity index (χ1n) is 7.63. The molecule has 1 unspecified atom stereocenters. The molecule has 1 amide bonds. The van der Waals surface area contributed by atoms with E-state index in [9.17, 15) is 22.4 Å². The number of hydrogen-bond acceptors (Lipinski definition) is 2. The van der Waals surface area contributed by atoms with Crippen molar-refractivity contribution in [2.24, 2.45) is 0 Å². The Bertz CT molecular complexity index is 762. The number of amides is 1. The molecule has 0 heterocycles. The van der Waals surface area contributed by atoms with E-state index < -0.39 is 40.5 Å². The number of hydrogen-bond donors (Lipinski definition) is 1. The van der Waals surface area contributed by atoms with Crippen LogP contribution in [-0.4, -0.2) is 13.0 Å². The Balaban J connectivity index is 2.33. The van der Waals surface area contributed by atoms with Gasteiger partial charge in [-0.05, 0) is 30.0 Å². The molecule has 3 nitrogen and oxygen atoms in total. The van der Waals surface area contributed by atoms with Gasteiger partial charge in [-0.3, -0.25) is 4.79 Å². The van der Waals surface area contributed by atoms with Gasteiger partial charge in [-0.1, -0.05) is 26.0 Å². The largest absolute Gasteiger partial charge is 0.491 e. The normalized spacial score (nSPS) is 12.0. The monoisotopic (exact) mass is 355 g/mol. The summed E-state index contributed by atoms with van der Waals surface area (Å²) in [6.45, 7) is 4.06. The van der Waals surface area contributed by atoms with Crippen molar-refractivity contribution in [1.29, 1.82) is 0 Å². The van der Waals surface area contributed by atoms with Gasteiger partial charge in [0.2, 0.25) is 11.6 Å². The van der Waals surface area contributed by atoms with E-state index in [1.165, 1.54) is 0 Å². The van der Waals surface area contributed by atoms with E-state index in [2.05, 4.69) is 10.1 Å². The number of benzene rings is 2. The minimum Gasteiger partial charge on any atom is -0.491 e. The van der Waals surface area contributed by atoms with Gasteiger partial charge in [0, 0.05) is 5.69 Å². The molecule has 0 bridgehead atoms. The highest BCUT2D eigenvalue weighted by molar-refractivity contribution is 6.04. The van der Waals surface area contributed by atoms with Crippen LogP contribution in [-0.2, 0) is 0 Å². The van der Waals surface area contributed by atoms with Crippen molar-refractivity contribution < 1.29 is 27.1 Å². The van der Waals surface area contributed by atoms with Crippen molar-refractivity contribution in [2.75, 3.05) is 12.4 Å². The standard InChI is InChI=1S/C18H17F4NO2/c1-4-9(2)10-5-7-11(8-6-10)23-18(24)12-13(19)15(21)17(25-3)16(22)14(12)20/h5-9H,4H2,1-3H3,(H,23,24). The Labute approximate surface area is 142 Å². The fraction of sp³-hybridized carbons (Fsp3) is 0.278. The van der Waals surface area contributed by atoms with E-state index in [0.717, 1.165) is 19.1 Å². The lowest BCUT2D eigenvalue weighted by Gasteiger charge is -2.12. The highest BCUT2D eigenvalue weighted by atomic mass is 19.2. The van der Waals surface area contributed by atoms with Crippen molar-refractivity contribution in [1.82, 2.24) is 0 Å². The lowest BCUT2D eigenvalue weighted by Crippen LogP contribution is -2.18. The first kappa shape index (κ1) is 18.8. The molecule has 0 saturated heterocycles. The first-order valence-corrected chi connectivity index (χ1v) is 7.63. The van der Waals surface area contributed by atoms with E-state index in [4.69, 9.17) is 0 Å². The number of halogens is 4. The number of anilines is 1. The maximum absolute atomic E-state index is 13.9. The predicted molar refractivity (Wildman–Crippen MR) is 85.9 cm³/mol. The van der Waals surface area contributed by atoms with E-state index in [1.807, 2.05) is 13.8 Å². The van der Waals surface area contributed by atoms with Crippen LogP contribution in [0.2, 0.25) is 0 Å². The molecule has 0 spiro atoms. The molecule has 0 fully saturated rings. The molecule has 2 aromatic rings. The molecule has 7 heteroatoms. The molecule has 0 aliphatic rings. The Morgan fingerprint density at radius 2 is 1.56 bits per heavy atom. The van der Waals surface area contributed by atoms with Gasteiger partial charge in [0.15, 0.2) is 17.4 Å². The van der Waals surface area contributed by atoms with Crippen LogP contribution >= 0.6 is 0 Å². The fourth-order valence-corrected chi connectivity index (χ4v) is 2.31. The topological polar surface area (TPSA) is 38.3 Å². The Morgan fingerprint density at radius 1 is 1.04 bits per heavy atom. The van der Waals surface area contributed by atoms with E-state index in [0.29, 0.717) is 5.92 Å². The van der Waals surface area contributed by atoms with Gasteiger partial charge in [0.05, 0.1) is 7.11 Å². The number of methoxy groups -OCH3 is 1. The summed E-state index contributed by atoms with van der Waals surface area (Å²) >= 11 is 0. The van der Waals surface area contributed by atoms with E-state index >= 15 is 0 Å². The molecule has 0 saturated carbocycles. The summed E-state index contributed by atoms with van der Waals surface area (Å²) in [5.41, 5.74) is -0.0753. The lowest BCUT2D eigenvalue weighted by molar-refractivity contribution is 0.101. The summed E-state index contributed by atoms with van der Waals surface area (Å²) in [7, 11) is 0.860. The maximum Gasteiger partial charge on any atom is 0.261 e. The van der Waals surface area contributed by atoms with Crippen molar-refractivity contribution in [2.45, 2.75) is 26.2 Å². The van der Waals surface area contributed by atoms with Crippen molar-refractivity contribution in [3.63, 3.8) is 0 Å². The molecular formula is C18H17F4NO2. The summed E-state index contributed by atoms with van der Waals surface area (Å²) in [5, 5.41) is 2.22. The van der Waals surface area contributed by atoms with Crippen LogP contribution < -0.4 is 10.1 Å². The molecule has 1 N–H and O–H groups in total. The maximum atomic E-state index is 13.9. The lowest BCUT2D eigenvalue weighted by atomic mass is 9.98. The summed E-state index contributed by atoms with van der Waals surface area (Å²) in [6, 6.07) is 6.61. The van der Waals surface area contributed by atoms with Gasteiger partial charge in [-0.15, -0.1) is 0 Å².